The SMILES string of the molecule is CC(C)NCc1cc(Br)cnc1NC(C)C. The molecule has 90 valence electrons. The molecule has 3 nitrogen and oxygen atoms in total. The molecule has 0 bridgehead atoms. The number of hydrogen-bond acceptors (Lipinski definition) is 3. The van der Waals surface area contributed by atoms with Crippen LogP contribution in [-0.4, -0.2) is 17.1 Å². The zero-order valence-corrected chi connectivity index (χ0v) is 11.9. The first kappa shape index (κ1) is 13.5. The summed E-state index contributed by atoms with van der Waals surface area (Å²) in [6, 6.07) is 2.98. The molecule has 2 N–H and O–H groups in total. The number of aromatic nitrogens is 1. The van der Waals surface area contributed by atoms with Crippen LogP contribution in [0, 0.1) is 0 Å². The van der Waals surface area contributed by atoms with Crippen LogP contribution in [-0.2, 0) is 6.54 Å². The summed E-state index contributed by atoms with van der Waals surface area (Å²) < 4.78 is 1.02. The van der Waals surface area contributed by atoms with Crippen LogP contribution < -0.4 is 10.6 Å². The highest BCUT2D eigenvalue weighted by atomic mass is 79.9. The van der Waals surface area contributed by atoms with Crippen molar-refractivity contribution >= 4 is 21.7 Å². The Bertz CT molecular complexity index is 337. The maximum absolute atomic E-state index is 4.40. The van der Waals surface area contributed by atoms with Gasteiger partial charge in [0.05, 0.1) is 0 Å². The van der Waals surface area contributed by atoms with Gasteiger partial charge < -0.3 is 10.6 Å². The lowest BCUT2D eigenvalue weighted by atomic mass is 10.2. The first-order valence-corrected chi connectivity index (χ1v) is 6.42. The minimum Gasteiger partial charge on any atom is -0.368 e. The van der Waals surface area contributed by atoms with Crippen molar-refractivity contribution in [3.8, 4) is 0 Å². The monoisotopic (exact) mass is 285 g/mol. The molecular weight excluding hydrogens is 266 g/mol. The van der Waals surface area contributed by atoms with Gasteiger partial charge in [-0.25, -0.2) is 4.98 Å². The topological polar surface area (TPSA) is 37.0 Å². The Morgan fingerprint density at radius 1 is 1.25 bits per heavy atom. The fraction of sp³-hybridized carbons (Fsp3) is 0.583. The summed E-state index contributed by atoms with van der Waals surface area (Å²) >= 11 is 3.45. The molecule has 4 heteroatoms. The third-order valence-electron chi connectivity index (χ3n) is 2.06. The molecule has 0 aliphatic carbocycles. The summed E-state index contributed by atoms with van der Waals surface area (Å²) in [7, 11) is 0. The Hall–Kier alpha value is -0.610. The van der Waals surface area contributed by atoms with Crippen LogP contribution in [0.4, 0.5) is 5.82 Å². The summed E-state index contributed by atoms with van der Waals surface area (Å²) in [6.07, 6.45) is 1.82. The van der Waals surface area contributed by atoms with Gasteiger partial charge in [-0.15, -0.1) is 0 Å². The van der Waals surface area contributed by atoms with E-state index in [-0.39, 0.29) is 0 Å². The zero-order valence-electron chi connectivity index (χ0n) is 10.3. The van der Waals surface area contributed by atoms with Gasteiger partial charge in [0, 0.05) is 34.9 Å². The van der Waals surface area contributed by atoms with Crippen LogP contribution in [0.3, 0.4) is 0 Å². The first-order valence-electron chi connectivity index (χ1n) is 5.63. The fourth-order valence-electron chi connectivity index (χ4n) is 1.33. The number of nitrogens with zero attached hydrogens (tertiary/aromatic N) is 1. The van der Waals surface area contributed by atoms with Crippen LogP contribution in [0.2, 0.25) is 0 Å². The second-order valence-electron chi connectivity index (χ2n) is 4.50. The van der Waals surface area contributed by atoms with Crippen molar-refractivity contribution in [1.82, 2.24) is 10.3 Å². The van der Waals surface area contributed by atoms with E-state index in [9.17, 15) is 0 Å². The summed E-state index contributed by atoms with van der Waals surface area (Å²) in [6.45, 7) is 9.34. The molecule has 0 aliphatic rings. The van der Waals surface area contributed by atoms with Crippen LogP contribution in [0.25, 0.3) is 0 Å². The average Bonchev–Trinajstić information content (AvgIpc) is 2.17. The quantitative estimate of drug-likeness (QED) is 0.873. The molecule has 0 fully saturated rings. The number of rotatable bonds is 5. The van der Waals surface area contributed by atoms with Gasteiger partial charge in [-0.2, -0.15) is 0 Å². The van der Waals surface area contributed by atoms with Gasteiger partial charge in [-0.1, -0.05) is 13.8 Å². The highest BCUT2D eigenvalue weighted by Gasteiger charge is 2.06. The zero-order chi connectivity index (χ0) is 12.1. The predicted molar refractivity (Wildman–Crippen MR) is 72.7 cm³/mol. The van der Waals surface area contributed by atoms with Crippen LogP contribution >= 0.6 is 15.9 Å². The summed E-state index contributed by atoms with van der Waals surface area (Å²) in [5, 5.41) is 6.75. The highest BCUT2D eigenvalue weighted by molar-refractivity contribution is 9.10. The van der Waals surface area contributed by atoms with E-state index >= 15 is 0 Å². The molecule has 0 spiro atoms. The lowest BCUT2D eigenvalue weighted by Crippen LogP contribution is -2.23. The Morgan fingerprint density at radius 3 is 2.50 bits per heavy atom. The van der Waals surface area contributed by atoms with Gasteiger partial charge in [0.2, 0.25) is 0 Å². The molecule has 0 saturated carbocycles. The molecule has 1 heterocycles. The lowest BCUT2D eigenvalue weighted by Gasteiger charge is -2.15. The molecule has 0 amide bonds. The molecule has 0 unspecified atom stereocenters. The summed E-state index contributed by atoms with van der Waals surface area (Å²) in [4.78, 5) is 4.40. The minimum absolute atomic E-state index is 0.395. The van der Waals surface area contributed by atoms with Gasteiger partial charge in [-0.05, 0) is 35.8 Å². The fourth-order valence-corrected chi connectivity index (χ4v) is 1.71. The van der Waals surface area contributed by atoms with Crippen molar-refractivity contribution in [2.45, 2.75) is 46.3 Å². The van der Waals surface area contributed by atoms with Gasteiger partial charge in [0.25, 0.3) is 0 Å². The van der Waals surface area contributed by atoms with E-state index in [1.165, 1.54) is 5.56 Å². The molecule has 0 radical (unpaired) electrons. The second-order valence-corrected chi connectivity index (χ2v) is 5.41. The molecule has 0 aromatic carbocycles. The Kier molecular flexibility index (Phi) is 5.22. The van der Waals surface area contributed by atoms with Crippen molar-refractivity contribution < 1.29 is 0 Å². The van der Waals surface area contributed by atoms with Crippen LogP contribution in [0.15, 0.2) is 16.7 Å². The molecule has 16 heavy (non-hydrogen) atoms. The molecule has 0 aliphatic heterocycles. The average molecular weight is 286 g/mol. The van der Waals surface area contributed by atoms with E-state index in [2.05, 4.69) is 65.3 Å². The highest BCUT2D eigenvalue weighted by Crippen LogP contribution is 2.18. The molecule has 1 aromatic rings. The lowest BCUT2D eigenvalue weighted by molar-refractivity contribution is 0.588. The Morgan fingerprint density at radius 2 is 1.94 bits per heavy atom. The third-order valence-corrected chi connectivity index (χ3v) is 2.49. The molecule has 0 saturated heterocycles. The van der Waals surface area contributed by atoms with E-state index in [1.807, 2.05) is 6.20 Å². The van der Waals surface area contributed by atoms with E-state index in [1.54, 1.807) is 0 Å². The summed E-state index contributed by atoms with van der Waals surface area (Å²) in [5.41, 5.74) is 1.19. The van der Waals surface area contributed by atoms with Crippen molar-refractivity contribution in [1.29, 1.82) is 0 Å². The predicted octanol–water partition coefficient (Wildman–Crippen LogP) is 3.16. The Labute approximate surface area is 106 Å². The maximum Gasteiger partial charge on any atom is 0.130 e. The standard InChI is InChI=1S/C12H20BrN3/c1-8(2)14-6-10-5-11(13)7-15-12(10)16-9(3)4/h5,7-9,14H,6H2,1-4H3,(H,15,16). The normalized spacial score (nSPS) is 11.2. The molecule has 1 rings (SSSR count). The molecular formula is C12H20BrN3. The van der Waals surface area contributed by atoms with Crippen LogP contribution in [0.1, 0.15) is 33.3 Å². The largest absolute Gasteiger partial charge is 0.368 e. The van der Waals surface area contributed by atoms with Crippen LogP contribution in [0.5, 0.6) is 0 Å². The number of pyridine rings is 1. The van der Waals surface area contributed by atoms with E-state index in [0.717, 1.165) is 16.8 Å². The molecule has 0 atom stereocenters. The molecule has 1 aromatic heterocycles. The summed E-state index contributed by atoms with van der Waals surface area (Å²) in [5.74, 6) is 0.964. The van der Waals surface area contributed by atoms with Crippen molar-refractivity contribution in [3.05, 3.63) is 22.3 Å². The van der Waals surface area contributed by atoms with Gasteiger partial charge in [0.1, 0.15) is 5.82 Å². The number of nitrogens with one attached hydrogen (secondary N) is 2. The van der Waals surface area contributed by atoms with Gasteiger partial charge in [-0.3, -0.25) is 0 Å². The van der Waals surface area contributed by atoms with Crippen molar-refractivity contribution in [3.63, 3.8) is 0 Å². The number of hydrogen-bond donors (Lipinski definition) is 2. The maximum atomic E-state index is 4.40. The first-order chi connectivity index (χ1) is 7.49. The van der Waals surface area contributed by atoms with E-state index in [0.29, 0.717) is 12.1 Å². The second kappa shape index (κ2) is 6.21. The minimum atomic E-state index is 0.395. The van der Waals surface area contributed by atoms with Gasteiger partial charge >= 0.3 is 0 Å². The van der Waals surface area contributed by atoms with E-state index < -0.39 is 0 Å². The van der Waals surface area contributed by atoms with Gasteiger partial charge in [0.15, 0.2) is 0 Å². The number of anilines is 1. The van der Waals surface area contributed by atoms with E-state index in [4.69, 9.17) is 0 Å². The smallest absolute Gasteiger partial charge is 0.130 e. The number of halogens is 1. The Balaban J connectivity index is 2.81. The van der Waals surface area contributed by atoms with Crippen molar-refractivity contribution in [2.24, 2.45) is 0 Å². The third kappa shape index (κ3) is 4.49. The van der Waals surface area contributed by atoms with Crippen molar-refractivity contribution in [2.75, 3.05) is 5.32 Å².